The van der Waals surface area contributed by atoms with E-state index in [1.54, 1.807) is 31.3 Å². The Hall–Kier alpha value is -2.51. The largest absolute Gasteiger partial charge is 0.336 e. The molecule has 8 heteroatoms. The normalized spacial score (nSPS) is 10.8. The molecule has 2 N–H and O–H groups in total. The number of H-pyrrole nitrogens is 1. The third kappa shape index (κ3) is 5.02. The molecular formula is C19H19ClN4O2S. The molecule has 0 aliphatic rings. The van der Waals surface area contributed by atoms with Crippen LogP contribution in [-0.2, 0) is 9.59 Å². The van der Waals surface area contributed by atoms with Gasteiger partial charge in [-0.2, -0.15) is 0 Å². The first-order valence-electron chi connectivity index (χ1n) is 8.30. The van der Waals surface area contributed by atoms with Crippen LogP contribution in [0.25, 0.3) is 11.0 Å². The van der Waals surface area contributed by atoms with E-state index in [1.165, 1.54) is 16.7 Å². The van der Waals surface area contributed by atoms with Gasteiger partial charge in [0.1, 0.15) is 0 Å². The molecule has 3 aromatic rings. The average Bonchev–Trinajstić information content (AvgIpc) is 3.03. The number of fused-ring (bicyclic) bond motifs is 1. The van der Waals surface area contributed by atoms with Crippen LogP contribution in [0.15, 0.2) is 47.6 Å². The fraction of sp³-hybridized carbons (Fsp3) is 0.211. The maximum atomic E-state index is 12.3. The number of amides is 2. The number of halogens is 1. The van der Waals surface area contributed by atoms with Gasteiger partial charge in [0.15, 0.2) is 5.16 Å². The summed E-state index contributed by atoms with van der Waals surface area (Å²) in [6.45, 7) is 1.96. The number of carbonyl (C=O) groups is 2. The highest BCUT2D eigenvalue weighted by molar-refractivity contribution is 7.99. The van der Waals surface area contributed by atoms with Crippen LogP contribution in [0.2, 0.25) is 5.02 Å². The SMILES string of the molecule is Cc1ccc2nc(SCC(=O)N(C)CC(=O)Nc3ccccc3Cl)[nH]c2c1. The molecule has 0 spiro atoms. The number of anilines is 1. The van der Waals surface area contributed by atoms with Crippen LogP contribution >= 0.6 is 23.4 Å². The van der Waals surface area contributed by atoms with Gasteiger partial charge >= 0.3 is 0 Å². The van der Waals surface area contributed by atoms with Gasteiger partial charge in [0.05, 0.1) is 34.0 Å². The zero-order chi connectivity index (χ0) is 19.4. The number of thioether (sulfide) groups is 1. The van der Waals surface area contributed by atoms with Crippen LogP contribution in [0.5, 0.6) is 0 Å². The van der Waals surface area contributed by atoms with Crippen LogP contribution in [0.1, 0.15) is 5.56 Å². The number of nitrogens with zero attached hydrogens (tertiary/aromatic N) is 2. The second kappa shape index (κ2) is 8.45. The number of nitrogens with one attached hydrogen (secondary N) is 2. The molecule has 0 radical (unpaired) electrons. The van der Waals surface area contributed by atoms with Crippen molar-refractivity contribution in [2.24, 2.45) is 0 Å². The minimum Gasteiger partial charge on any atom is -0.336 e. The molecule has 1 heterocycles. The molecule has 0 aliphatic heterocycles. The summed E-state index contributed by atoms with van der Waals surface area (Å²) in [6, 6.07) is 12.9. The highest BCUT2D eigenvalue weighted by atomic mass is 35.5. The van der Waals surface area contributed by atoms with Crippen molar-refractivity contribution in [1.82, 2.24) is 14.9 Å². The Bertz CT molecular complexity index is 989. The lowest BCUT2D eigenvalue weighted by molar-refractivity contribution is -0.131. The average molecular weight is 403 g/mol. The quantitative estimate of drug-likeness (QED) is 0.616. The second-order valence-electron chi connectivity index (χ2n) is 6.13. The Morgan fingerprint density at radius 3 is 2.81 bits per heavy atom. The molecule has 1 aromatic heterocycles. The summed E-state index contributed by atoms with van der Waals surface area (Å²) in [5, 5.41) is 3.84. The lowest BCUT2D eigenvalue weighted by Crippen LogP contribution is -2.36. The van der Waals surface area contributed by atoms with Crippen LogP contribution < -0.4 is 5.32 Å². The molecule has 2 aromatic carbocycles. The molecule has 2 amide bonds. The van der Waals surface area contributed by atoms with Gasteiger partial charge in [-0.3, -0.25) is 9.59 Å². The lowest BCUT2D eigenvalue weighted by Gasteiger charge is -2.16. The fourth-order valence-electron chi connectivity index (χ4n) is 2.46. The van der Waals surface area contributed by atoms with Crippen molar-refractivity contribution >= 4 is 51.9 Å². The minimum atomic E-state index is -0.303. The molecule has 140 valence electrons. The highest BCUT2D eigenvalue weighted by Gasteiger charge is 2.15. The van der Waals surface area contributed by atoms with Gasteiger partial charge in [-0.15, -0.1) is 0 Å². The summed E-state index contributed by atoms with van der Waals surface area (Å²) in [5.41, 5.74) is 3.47. The molecule has 0 fully saturated rings. The first-order chi connectivity index (χ1) is 12.9. The van der Waals surface area contributed by atoms with E-state index in [2.05, 4.69) is 15.3 Å². The Morgan fingerprint density at radius 1 is 1.26 bits per heavy atom. The number of carbonyl (C=O) groups excluding carboxylic acids is 2. The lowest BCUT2D eigenvalue weighted by atomic mass is 10.2. The molecule has 0 saturated heterocycles. The van der Waals surface area contributed by atoms with E-state index >= 15 is 0 Å². The van der Waals surface area contributed by atoms with Crippen molar-refractivity contribution < 1.29 is 9.59 Å². The molecule has 0 bridgehead atoms. The summed E-state index contributed by atoms with van der Waals surface area (Å²) in [6.07, 6.45) is 0. The Kier molecular flexibility index (Phi) is 6.03. The van der Waals surface area contributed by atoms with E-state index in [4.69, 9.17) is 11.6 Å². The third-order valence-electron chi connectivity index (χ3n) is 3.90. The molecular weight excluding hydrogens is 384 g/mol. The molecule has 3 rings (SSSR count). The van der Waals surface area contributed by atoms with E-state index in [1.807, 2.05) is 25.1 Å². The van der Waals surface area contributed by atoms with E-state index in [0.29, 0.717) is 15.9 Å². The first-order valence-corrected chi connectivity index (χ1v) is 9.66. The molecule has 0 saturated carbocycles. The van der Waals surface area contributed by atoms with Crippen molar-refractivity contribution in [3.8, 4) is 0 Å². The van der Waals surface area contributed by atoms with E-state index in [0.717, 1.165) is 16.6 Å². The predicted octanol–water partition coefficient (Wildman–Crippen LogP) is 3.71. The van der Waals surface area contributed by atoms with Gasteiger partial charge in [-0.1, -0.05) is 41.6 Å². The summed E-state index contributed by atoms with van der Waals surface area (Å²) in [4.78, 5) is 33.4. The Labute approximate surface area is 166 Å². The second-order valence-corrected chi connectivity index (χ2v) is 7.50. The first kappa shape index (κ1) is 19.3. The monoisotopic (exact) mass is 402 g/mol. The van der Waals surface area contributed by atoms with Crippen LogP contribution in [-0.4, -0.2) is 46.0 Å². The van der Waals surface area contributed by atoms with Gasteiger partial charge in [0, 0.05) is 7.05 Å². The fourth-order valence-corrected chi connectivity index (χ4v) is 3.47. The topological polar surface area (TPSA) is 78.1 Å². The molecule has 0 atom stereocenters. The number of benzene rings is 2. The summed E-state index contributed by atoms with van der Waals surface area (Å²) in [5.74, 6) is -0.275. The summed E-state index contributed by atoms with van der Waals surface area (Å²) in [7, 11) is 1.59. The Morgan fingerprint density at radius 2 is 2.04 bits per heavy atom. The number of aromatic amines is 1. The van der Waals surface area contributed by atoms with Gasteiger partial charge in [-0.05, 0) is 36.8 Å². The predicted molar refractivity (Wildman–Crippen MR) is 109 cm³/mol. The van der Waals surface area contributed by atoms with Crippen molar-refractivity contribution in [3.05, 3.63) is 53.1 Å². The number of likely N-dealkylation sites (N-methyl/N-ethyl adjacent to an activating group) is 1. The number of aryl methyl sites for hydroxylation is 1. The third-order valence-corrected chi connectivity index (χ3v) is 5.09. The molecule has 0 aliphatic carbocycles. The van der Waals surface area contributed by atoms with Crippen molar-refractivity contribution in [2.75, 3.05) is 24.7 Å². The molecule has 0 unspecified atom stereocenters. The zero-order valence-electron chi connectivity index (χ0n) is 15.0. The van der Waals surface area contributed by atoms with Crippen LogP contribution in [0.4, 0.5) is 5.69 Å². The van der Waals surface area contributed by atoms with E-state index < -0.39 is 0 Å². The van der Waals surface area contributed by atoms with Crippen molar-refractivity contribution in [1.29, 1.82) is 0 Å². The van der Waals surface area contributed by atoms with E-state index in [-0.39, 0.29) is 24.1 Å². The Balaban J connectivity index is 1.52. The van der Waals surface area contributed by atoms with Gasteiger partial charge in [0.25, 0.3) is 0 Å². The highest BCUT2D eigenvalue weighted by Crippen LogP contribution is 2.21. The van der Waals surface area contributed by atoms with Crippen molar-refractivity contribution in [3.63, 3.8) is 0 Å². The molecule has 27 heavy (non-hydrogen) atoms. The number of para-hydroxylation sites is 1. The zero-order valence-corrected chi connectivity index (χ0v) is 16.5. The van der Waals surface area contributed by atoms with Crippen molar-refractivity contribution in [2.45, 2.75) is 12.1 Å². The van der Waals surface area contributed by atoms with Gasteiger partial charge < -0.3 is 15.2 Å². The minimum absolute atomic E-state index is 0.0516. The van der Waals surface area contributed by atoms with Gasteiger partial charge in [-0.25, -0.2) is 4.98 Å². The van der Waals surface area contributed by atoms with Crippen LogP contribution in [0, 0.1) is 6.92 Å². The maximum Gasteiger partial charge on any atom is 0.244 e. The standard InChI is InChI=1S/C19H19ClN4O2S/c1-12-7-8-15-16(9-12)23-19(22-15)27-11-18(26)24(2)10-17(25)21-14-6-4-3-5-13(14)20/h3-9H,10-11H2,1-2H3,(H,21,25)(H,22,23). The van der Waals surface area contributed by atoms with Gasteiger partial charge in [0.2, 0.25) is 11.8 Å². The smallest absolute Gasteiger partial charge is 0.244 e. The van der Waals surface area contributed by atoms with Crippen LogP contribution in [0.3, 0.4) is 0 Å². The number of hydrogen-bond donors (Lipinski definition) is 2. The number of aromatic nitrogens is 2. The maximum absolute atomic E-state index is 12.3. The molecule has 6 nitrogen and oxygen atoms in total. The number of rotatable bonds is 6. The summed E-state index contributed by atoms with van der Waals surface area (Å²) >= 11 is 7.33. The number of imidazole rings is 1. The number of hydrogen-bond acceptors (Lipinski definition) is 4. The van der Waals surface area contributed by atoms with E-state index in [9.17, 15) is 9.59 Å². The summed E-state index contributed by atoms with van der Waals surface area (Å²) < 4.78 is 0.